The average molecular weight is 357 g/mol. The molecule has 1 aliphatic rings. The molecule has 0 saturated carbocycles. The third kappa shape index (κ3) is 3.39. The van der Waals surface area contributed by atoms with Crippen molar-refractivity contribution in [3.8, 4) is 0 Å². The second-order valence-corrected chi connectivity index (χ2v) is 7.86. The van der Waals surface area contributed by atoms with Crippen molar-refractivity contribution in [3.05, 3.63) is 28.2 Å². The number of alkyl halides is 1. The fourth-order valence-corrected chi connectivity index (χ4v) is 4.36. The molecule has 8 heteroatoms. The Kier molecular flexibility index (Phi) is 4.84. The minimum absolute atomic E-state index is 0.0596. The largest absolute Gasteiger partial charge is 0.307 e. The molecule has 4 nitrogen and oxygen atoms in total. The number of rotatable bonds is 3. The lowest BCUT2D eigenvalue weighted by atomic mass is 10.2. The Morgan fingerprint density at radius 3 is 2.50 bits per heavy atom. The predicted octanol–water partition coefficient (Wildman–Crippen LogP) is 2.75. The van der Waals surface area contributed by atoms with E-state index in [9.17, 15) is 13.2 Å². The van der Waals surface area contributed by atoms with Crippen LogP contribution in [-0.2, 0) is 14.6 Å². The van der Waals surface area contributed by atoms with Gasteiger partial charge < -0.3 is 4.90 Å². The maximum Gasteiger partial charge on any atom is 0.242 e. The number of benzene rings is 1. The fraction of sp³-hybridized carbons (Fsp3) is 0.417. The molecule has 1 saturated heterocycles. The second kappa shape index (κ2) is 6.10. The van der Waals surface area contributed by atoms with Crippen LogP contribution < -0.4 is 4.90 Å². The highest BCUT2D eigenvalue weighted by molar-refractivity contribution is 7.91. The topological polar surface area (TPSA) is 54.5 Å². The zero-order chi connectivity index (χ0) is 14.9. The summed E-state index contributed by atoms with van der Waals surface area (Å²) in [5.74, 6) is -0.565. The molecule has 1 aromatic carbocycles. The Balaban J connectivity index is 2.38. The summed E-state index contributed by atoms with van der Waals surface area (Å²) in [6.07, 6.45) is 0.394. The number of hydrogen-bond acceptors (Lipinski definition) is 3. The molecule has 1 amide bonds. The van der Waals surface area contributed by atoms with E-state index in [0.29, 0.717) is 22.2 Å². The number of hydrogen-bond donors (Lipinski definition) is 0. The third-order valence-electron chi connectivity index (χ3n) is 3.14. The summed E-state index contributed by atoms with van der Waals surface area (Å²) in [5.41, 5.74) is 0.507. The number of anilines is 1. The Hall–Kier alpha value is -0.490. The van der Waals surface area contributed by atoms with Crippen LogP contribution in [0.5, 0.6) is 0 Å². The van der Waals surface area contributed by atoms with Gasteiger partial charge in [-0.1, -0.05) is 23.2 Å². The minimum Gasteiger partial charge on any atom is -0.307 e. The zero-order valence-corrected chi connectivity index (χ0v) is 13.4. The van der Waals surface area contributed by atoms with Crippen LogP contribution in [0.1, 0.15) is 6.42 Å². The van der Waals surface area contributed by atoms with E-state index in [-0.39, 0.29) is 23.3 Å². The Bertz CT molecular complexity index is 633. The van der Waals surface area contributed by atoms with Gasteiger partial charge in [0.25, 0.3) is 0 Å². The number of halogens is 3. The van der Waals surface area contributed by atoms with E-state index in [2.05, 4.69) is 0 Å². The molecule has 0 unspecified atom stereocenters. The highest BCUT2D eigenvalue weighted by Gasteiger charge is 2.35. The van der Waals surface area contributed by atoms with Crippen LogP contribution in [0.15, 0.2) is 18.2 Å². The van der Waals surface area contributed by atoms with Crippen LogP contribution in [0.4, 0.5) is 5.69 Å². The lowest BCUT2D eigenvalue weighted by molar-refractivity contribution is -0.116. The average Bonchev–Trinajstić information content (AvgIpc) is 2.74. The van der Waals surface area contributed by atoms with Gasteiger partial charge in [-0.2, -0.15) is 0 Å². The Morgan fingerprint density at radius 1 is 1.30 bits per heavy atom. The van der Waals surface area contributed by atoms with E-state index in [1.54, 1.807) is 18.2 Å². The summed E-state index contributed by atoms with van der Waals surface area (Å²) < 4.78 is 23.2. The van der Waals surface area contributed by atoms with Gasteiger partial charge in [-0.25, -0.2) is 8.42 Å². The van der Waals surface area contributed by atoms with Gasteiger partial charge >= 0.3 is 0 Å². The van der Waals surface area contributed by atoms with Crippen molar-refractivity contribution >= 4 is 56.2 Å². The van der Waals surface area contributed by atoms with Gasteiger partial charge in [-0.3, -0.25) is 4.79 Å². The predicted molar refractivity (Wildman–Crippen MR) is 81.7 cm³/mol. The molecule has 20 heavy (non-hydrogen) atoms. The molecule has 0 N–H and O–H groups in total. The molecular weight excluding hydrogens is 345 g/mol. The smallest absolute Gasteiger partial charge is 0.242 e. The first-order valence-electron chi connectivity index (χ1n) is 5.87. The summed E-state index contributed by atoms with van der Waals surface area (Å²) in [4.78, 5) is 13.4. The van der Waals surface area contributed by atoms with Gasteiger partial charge in [0.15, 0.2) is 9.84 Å². The van der Waals surface area contributed by atoms with Crippen LogP contribution in [0.3, 0.4) is 0 Å². The molecule has 1 aliphatic heterocycles. The molecule has 1 heterocycles. The zero-order valence-electron chi connectivity index (χ0n) is 10.4. The first kappa shape index (κ1) is 15.9. The first-order chi connectivity index (χ1) is 9.34. The van der Waals surface area contributed by atoms with Crippen molar-refractivity contribution in [1.29, 1.82) is 0 Å². The fourth-order valence-electron chi connectivity index (χ4n) is 2.24. The van der Waals surface area contributed by atoms with Crippen LogP contribution in [0, 0.1) is 0 Å². The summed E-state index contributed by atoms with van der Waals surface area (Å²) in [5, 5.41) is 0.671. The van der Waals surface area contributed by atoms with Crippen LogP contribution in [-0.4, -0.2) is 37.8 Å². The van der Waals surface area contributed by atoms with E-state index in [1.807, 2.05) is 0 Å². The Morgan fingerprint density at radius 2 is 2.00 bits per heavy atom. The van der Waals surface area contributed by atoms with Crippen LogP contribution in [0.25, 0.3) is 0 Å². The van der Waals surface area contributed by atoms with E-state index >= 15 is 0 Å². The van der Waals surface area contributed by atoms with Crippen molar-refractivity contribution in [2.24, 2.45) is 0 Å². The van der Waals surface area contributed by atoms with E-state index in [1.165, 1.54) is 4.90 Å². The van der Waals surface area contributed by atoms with E-state index in [0.717, 1.165) is 0 Å². The number of amides is 1. The van der Waals surface area contributed by atoms with Crippen molar-refractivity contribution in [1.82, 2.24) is 0 Å². The van der Waals surface area contributed by atoms with Crippen LogP contribution >= 0.6 is 34.8 Å². The van der Waals surface area contributed by atoms with Crippen molar-refractivity contribution in [2.45, 2.75) is 12.5 Å². The number of carbonyl (C=O) groups is 1. The van der Waals surface area contributed by atoms with Crippen molar-refractivity contribution in [2.75, 3.05) is 22.3 Å². The molecule has 0 aromatic heterocycles. The number of nitrogens with zero attached hydrogens (tertiary/aromatic N) is 1. The summed E-state index contributed by atoms with van der Waals surface area (Å²) >= 11 is 17.4. The maximum absolute atomic E-state index is 12.0. The SMILES string of the molecule is O=C(CCl)N(c1ccc(Cl)c(Cl)c1)[C@H]1CCS(=O)(=O)C1. The first-order valence-corrected chi connectivity index (χ1v) is 8.99. The normalized spacial score (nSPS) is 20.9. The molecule has 0 radical (unpaired) electrons. The standard InChI is InChI=1S/C12H12Cl3NO3S/c13-6-12(17)16(9-3-4-20(18,19)7-9)8-1-2-10(14)11(15)5-8/h1-2,5,9H,3-4,6-7H2/t9-/m0/s1. The summed E-state index contributed by atoms with van der Waals surface area (Å²) in [6.45, 7) is 0. The van der Waals surface area contributed by atoms with Gasteiger partial charge in [0.2, 0.25) is 5.91 Å². The maximum atomic E-state index is 12.0. The number of carbonyl (C=O) groups excluding carboxylic acids is 1. The highest BCUT2D eigenvalue weighted by Crippen LogP contribution is 2.30. The van der Waals surface area contributed by atoms with Gasteiger partial charge in [-0.15, -0.1) is 11.6 Å². The molecular formula is C12H12Cl3NO3S. The summed E-state index contributed by atoms with van der Waals surface area (Å²) in [7, 11) is -3.10. The summed E-state index contributed by atoms with van der Waals surface area (Å²) in [6, 6.07) is 4.32. The second-order valence-electron chi connectivity index (χ2n) is 4.55. The lowest BCUT2D eigenvalue weighted by Crippen LogP contribution is -2.42. The molecule has 2 rings (SSSR count). The molecule has 0 bridgehead atoms. The van der Waals surface area contributed by atoms with E-state index in [4.69, 9.17) is 34.8 Å². The minimum atomic E-state index is -3.10. The molecule has 1 fully saturated rings. The molecule has 0 spiro atoms. The quantitative estimate of drug-likeness (QED) is 0.783. The molecule has 0 aliphatic carbocycles. The Labute approximate surface area is 132 Å². The lowest BCUT2D eigenvalue weighted by Gasteiger charge is -2.28. The highest BCUT2D eigenvalue weighted by atomic mass is 35.5. The molecule has 1 atom stereocenters. The van der Waals surface area contributed by atoms with Gasteiger partial charge in [0, 0.05) is 5.69 Å². The van der Waals surface area contributed by atoms with Crippen LogP contribution in [0.2, 0.25) is 10.0 Å². The van der Waals surface area contributed by atoms with Gasteiger partial charge in [0.1, 0.15) is 5.88 Å². The molecule has 1 aromatic rings. The van der Waals surface area contributed by atoms with Gasteiger partial charge in [0.05, 0.1) is 27.6 Å². The monoisotopic (exact) mass is 355 g/mol. The number of sulfone groups is 1. The van der Waals surface area contributed by atoms with E-state index < -0.39 is 15.9 Å². The van der Waals surface area contributed by atoms with Crippen molar-refractivity contribution < 1.29 is 13.2 Å². The van der Waals surface area contributed by atoms with Crippen molar-refractivity contribution in [3.63, 3.8) is 0 Å². The molecule has 110 valence electrons. The third-order valence-corrected chi connectivity index (χ3v) is 5.86. The van der Waals surface area contributed by atoms with Gasteiger partial charge in [-0.05, 0) is 24.6 Å².